The molecule has 0 saturated heterocycles. The summed E-state index contributed by atoms with van der Waals surface area (Å²) in [7, 11) is 0. The Balaban J connectivity index is 0.00000288. The largest absolute Gasteiger partial charge is 0.489 e. The molecule has 0 bridgehead atoms. The first-order valence-electron chi connectivity index (χ1n) is 7.59. The summed E-state index contributed by atoms with van der Waals surface area (Å²) in [6.45, 7) is 4.00. The zero-order valence-corrected chi connectivity index (χ0v) is 14.3. The Bertz CT molecular complexity index is 653. The molecule has 2 aromatic carbocycles. The summed E-state index contributed by atoms with van der Waals surface area (Å²) in [5.74, 6) is -0.875. The van der Waals surface area contributed by atoms with Crippen molar-refractivity contribution < 1.29 is 19.1 Å². The number of esters is 1. The summed E-state index contributed by atoms with van der Waals surface area (Å²) in [4.78, 5) is 23.8. The van der Waals surface area contributed by atoms with Crippen LogP contribution in [0.2, 0.25) is 0 Å². The van der Waals surface area contributed by atoms with Gasteiger partial charge in [-0.3, -0.25) is 9.59 Å². The van der Waals surface area contributed by atoms with Gasteiger partial charge in [0.2, 0.25) is 0 Å². The molecule has 24 heavy (non-hydrogen) atoms. The van der Waals surface area contributed by atoms with Crippen LogP contribution in [0.3, 0.4) is 0 Å². The summed E-state index contributed by atoms with van der Waals surface area (Å²) < 4.78 is 10.5. The predicted octanol–water partition coefficient (Wildman–Crippen LogP) is 3.27. The van der Waals surface area contributed by atoms with Crippen molar-refractivity contribution in [3.63, 3.8) is 0 Å². The molecule has 5 heteroatoms. The maximum atomic E-state index is 12.2. The third kappa shape index (κ3) is 5.56. The SMILES string of the molecule is CCOC(=O)C(C)C(=O)c1ccc(OCc2ccccc2)cc1.[Li]. The predicted molar refractivity (Wildman–Crippen MR) is 93.1 cm³/mol. The van der Waals surface area contributed by atoms with Gasteiger partial charge in [-0.15, -0.1) is 0 Å². The maximum Gasteiger partial charge on any atom is 0.316 e. The van der Waals surface area contributed by atoms with Crippen LogP contribution in [0, 0.1) is 5.92 Å². The Morgan fingerprint density at radius 3 is 2.21 bits per heavy atom. The van der Waals surface area contributed by atoms with Crippen molar-refractivity contribution in [3.05, 3.63) is 65.7 Å². The van der Waals surface area contributed by atoms with Crippen LogP contribution in [0.15, 0.2) is 54.6 Å². The number of carbonyl (C=O) groups excluding carboxylic acids is 2. The van der Waals surface area contributed by atoms with Gasteiger partial charge in [0.15, 0.2) is 5.78 Å². The second kappa shape index (κ2) is 9.97. The molecule has 0 saturated carbocycles. The van der Waals surface area contributed by atoms with Crippen LogP contribution in [0.25, 0.3) is 0 Å². The first-order valence-corrected chi connectivity index (χ1v) is 7.59. The van der Waals surface area contributed by atoms with Gasteiger partial charge in [0.05, 0.1) is 6.61 Å². The molecule has 1 radical (unpaired) electrons. The van der Waals surface area contributed by atoms with Gasteiger partial charge in [-0.2, -0.15) is 0 Å². The number of ketones is 1. The van der Waals surface area contributed by atoms with Crippen LogP contribution in [0.1, 0.15) is 29.8 Å². The monoisotopic (exact) mass is 319 g/mol. The van der Waals surface area contributed by atoms with E-state index in [1.807, 2.05) is 30.3 Å². The number of benzene rings is 2. The van der Waals surface area contributed by atoms with Crippen LogP contribution in [0.5, 0.6) is 5.75 Å². The van der Waals surface area contributed by atoms with E-state index in [9.17, 15) is 9.59 Å². The molecular formula is C19H20LiO4. The summed E-state index contributed by atoms with van der Waals surface area (Å²) in [5, 5.41) is 0. The summed E-state index contributed by atoms with van der Waals surface area (Å²) >= 11 is 0. The van der Waals surface area contributed by atoms with Gasteiger partial charge < -0.3 is 9.47 Å². The van der Waals surface area contributed by atoms with E-state index in [4.69, 9.17) is 9.47 Å². The number of rotatable bonds is 7. The minimum Gasteiger partial charge on any atom is -0.489 e. The summed E-state index contributed by atoms with van der Waals surface area (Å²) in [6, 6.07) is 16.6. The van der Waals surface area contributed by atoms with Crippen LogP contribution < -0.4 is 4.74 Å². The van der Waals surface area contributed by atoms with Crippen molar-refractivity contribution in [2.24, 2.45) is 5.92 Å². The van der Waals surface area contributed by atoms with Crippen LogP contribution in [0.4, 0.5) is 0 Å². The van der Waals surface area contributed by atoms with E-state index >= 15 is 0 Å². The quantitative estimate of drug-likeness (QED) is 0.340. The third-order valence-corrected chi connectivity index (χ3v) is 3.42. The van der Waals surface area contributed by atoms with Crippen molar-refractivity contribution in [1.82, 2.24) is 0 Å². The average molecular weight is 319 g/mol. The standard InChI is InChI=1S/C19H20O4.Li/c1-3-22-19(21)14(2)18(20)16-9-11-17(12-10-16)23-13-15-7-5-4-6-8-15;/h4-12,14H,3,13H2,1-2H3;. The van der Waals surface area contributed by atoms with E-state index < -0.39 is 11.9 Å². The fourth-order valence-corrected chi connectivity index (χ4v) is 2.08. The van der Waals surface area contributed by atoms with Crippen LogP contribution in [-0.2, 0) is 16.1 Å². The smallest absolute Gasteiger partial charge is 0.316 e. The molecule has 0 aliphatic heterocycles. The molecule has 0 amide bonds. The minimum absolute atomic E-state index is 0. The van der Waals surface area contributed by atoms with Gasteiger partial charge in [-0.05, 0) is 43.7 Å². The van der Waals surface area contributed by atoms with Crippen LogP contribution in [-0.4, -0.2) is 37.2 Å². The summed E-state index contributed by atoms with van der Waals surface area (Å²) in [5.41, 5.74) is 1.54. The molecule has 1 atom stereocenters. The molecular weight excluding hydrogens is 299 g/mol. The van der Waals surface area contributed by atoms with Gasteiger partial charge in [0, 0.05) is 24.4 Å². The average Bonchev–Trinajstić information content (AvgIpc) is 2.60. The Hall–Kier alpha value is -2.02. The Morgan fingerprint density at radius 2 is 1.62 bits per heavy atom. The van der Waals surface area contributed by atoms with Gasteiger partial charge >= 0.3 is 5.97 Å². The number of hydrogen-bond acceptors (Lipinski definition) is 4. The molecule has 0 aromatic heterocycles. The normalized spacial score (nSPS) is 11.1. The second-order valence-corrected chi connectivity index (χ2v) is 5.14. The number of hydrogen-bond donors (Lipinski definition) is 0. The Labute approximate surface area is 154 Å². The van der Waals surface area contributed by atoms with E-state index in [0.29, 0.717) is 17.9 Å². The second-order valence-electron chi connectivity index (χ2n) is 5.14. The zero-order chi connectivity index (χ0) is 16.7. The van der Waals surface area contributed by atoms with E-state index in [2.05, 4.69) is 0 Å². The molecule has 1 unspecified atom stereocenters. The molecule has 2 rings (SSSR count). The first-order chi connectivity index (χ1) is 11.1. The molecule has 4 nitrogen and oxygen atoms in total. The molecule has 0 aliphatic rings. The number of carbonyl (C=O) groups is 2. The minimum atomic E-state index is -0.800. The number of Topliss-reactive ketones (excluding diaryl/α,β-unsaturated/α-hetero) is 1. The van der Waals surface area contributed by atoms with E-state index in [0.717, 1.165) is 5.56 Å². The molecule has 0 fully saturated rings. The molecule has 121 valence electrons. The van der Waals surface area contributed by atoms with Crippen molar-refractivity contribution in [2.45, 2.75) is 20.5 Å². The van der Waals surface area contributed by atoms with E-state index in [1.54, 1.807) is 38.1 Å². The van der Waals surface area contributed by atoms with E-state index in [1.165, 1.54) is 0 Å². The van der Waals surface area contributed by atoms with Crippen molar-refractivity contribution in [1.29, 1.82) is 0 Å². The third-order valence-electron chi connectivity index (χ3n) is 3.42. The molecule has 0 spiro atoms. The number of ether oxygens (including phenoxy) is 2. The van der Waals surface area contributed by atoms with Crippen molar-refractivity contribution >= 4 is 30.6 Å². The summed E-state index contributed by atoms with van der Waals surface area (Å²) in [6.07, 6.45) is 0. The molecule has 0 heterocycles. The topological polar surface area (TPSA) is 52.6 Å². The Morgan fingerprint density at radius 1 is 1.00 bits per heavy atom. The van der Waals surface area contributed by atoms with E-state index in [-0.39, 0.29) is 31.3 Å². The van der Waals surface area contributed by atoms with Crippen molar-refractivity contribution in [3.8, 4) is 5.75 Å². The zero-order valence-electron chi connectivity index (χ0n) is 14.3. The Kier molecular flexibility index (Phi) is 8.32. The van der Waals surface area contributed by atoms with Gasteiger partial charge in [-0.25, -0.2) is 0 Å². The molecule has 2 aromatic rings. The fourth-order valence-electron chi connectivity index (χ4n) is 2.08. The van der Waals surface area contributed by atoms with Gasteiger partial charge in [-0.1, -0.05) is 30.3 Å². The molecule has 0 N–H and O–H groups in total. The fraction of sp³-hybridized carbons (Fsp3) is 0.263. The van der Waals surface area contributed by atoms with Gasteiger partial charge in [0.25, 0.3) is 0 Å². The maximum absolute atomic E-state index is 12.2. The van der Waals surface area contributed by atoms with Gasteiger partial charge in [0.1, 0.15) is 18.3 Å². The van der Waals surface area contributed by atoms with Crippen LogP contribution >= 0.6 is 0 Å². The first kappa shape index (κ1) is 20.0. The van der Waals surface area contributed by atoms with Crippen molar-refractivity contribution in [2.75, 3.05) is 6.61 Å². The molecule has 0 aliphatic carbocycles.